The van der Waals surface area contributed by atoms with Crippen LogP contribution in [-0.4, -0.2) is 23.5 Å². The number of Topliss-reactive ketones (excluding diaryl/α,β-unsaturated/α-hetero) is 2. The Hall–Kier alpha value is -9.38. The van der Waals surface area contributed by atoms with Gasteiger partial charge in [-0.2, -0.15) is 0 Å². The average Bonchev–Trinajstić information content (AvgIpc) is 3.38. The third-order valence-electron chi connectivity index (χ3n) is 11.2. The van der Waals surface area contributed by atoms with E-state index in [2.05, 4.69) is 22.8 Å². The molecule has 68 heavy (non-hydrogen) atoms. The number of hydrogen-bond donors (Lipinski definition) is 0. The molecule has 0 atom stereocenters. The lowest BCUT2D eigenvalue weighted by molar-refractivity contribution is -0.129. The van der Waals surface area contributed by atoms with Gasteiger partial charge >= 0.3 is 11.9 Å². The van der Waals surface area contributed by atoms with E-state index in [0.29, 0.717) is 45.5 Å². The van der Waals surface area contributed by atoms with Crippen molar-refractivity contribution in [2.24, 2.45) is 0 Å². The molecular weight excluding hydrogens is 853 g/mol. The molecule has 0 aliphatic heterocycles. The first-order valence-electron chi connectivity index (χ1n) is 21.4. The highest BCUT2D eigenvalue weighted by atomic mass is 16.5. The minimum absolute atomic E-state index is 0.0249. The van der Waals surface area contributed by atoms with E-state index >= 15 is 0 Å². The predicted molar refractivity (Wildman–Crippen MR) is 262 cm³/mol. The van der Waals surface area contributed by atoms with Crippen LogP contribution in [0, 0.1) is 13.1 Å². The molecule has 0 aliphatic rings. The fourth-order valence-electron chi connectivity index (χ4n) is 7.73. The molecule has 0 amide bonds. The molecule has 0 aromatic heterocycles. The SMILES string of the molecule is [C-]#[N+]c1ccc2c(-c3c(CC(=O)c4ccc(OCc5ccc(OC(=O)C=C)cc5)cc4)ccc4cc([N+]#[C-])ccc34)c(CC(=O)c3ccc(OCc4ccc(OC(=O)C=C)cc4)cc3)ccc2c1. The molecule has 0 spiro atoms. The molecule has 330 valence electrons. The fraction of sp³-hybridized carbons (Fsp3) is 0.0690. The van der Waals surface area contributed by atoms with E-state index in [4.69, 9.17) is 32.1 Å². The van der Waals surface area contributed by atoms with Crippen LogP contribution < -0.4 is 18.9 Å². The maximum atomic E-state index is 14.2. The van der Waals surface area contributed by atoms with Crippen LogP contribution in [0.2, 0.25) is 0 Å². The molecule has 0 radical (unpaired) electrons. The lowest BCUT2D eigenvalue weighted by Crippen LogP contribution is -2.08. The van der Waals surface area contributed by atoms with Crippen molar-refractivity contribution in [3.63, 3.8) is 0 Å². The van der Waals surface area contributed by atoms with E-state index < -0.39 is 11.9 Å². The van der Waals surface area contributed by atoms with Gasteiger partial charge in [-0.15, -0.1) is 0 Å². The number of carbonyl (C=O) groups is 4. The molecular formula is C58H40N2O8. The molecule has 0 heterocycles. The van der Waals surface area contributed by atoms with Gasteiger partial charge in [-0.1, -0.05) is 86.0 Å². The summed E-state index contributed by atoms with van der Waals surface area (Å²) in [4.78, 5) is 58.8. The zero-order valence-electron chi connectivity index (χ0n) is 36.6. The summed E-state index contributed by atoms with van der Waals surface area (Å²) < 4.78 is 22.3. The first-order chi connectivity index (χ1) is 33.1. The van der Waals surface area contributed by atoms with Crippen LogP contribution in [0.15, 0.2) is 183 Å². The van der Waals surface area contributed by atoms with Crippen molar-refractivity contribution < 1.29 is 38.1 Å². The zero-order chi connectivity index (χ0) is 47.6. The Balaban J connectivity index is 1.07. The predicted octanol–water partition coefficient (Wildman–Crippen LogP) is 13.0. The minimum Gasteiger partial charge on any atom is -0.489 e. The van der Waals surface area contributed by atoms with Crippen molar-refractivity contribution in [3.05, 3.63) is 239 Å². The maximum absolute atomic E-state index is 14.2. The van der Waals surface area contributed by atoms with Crippen LogP contribution in [0.3, 0.4) is 0 Å². The quantitative estimate of drug-likeness (QED) is 0.0292. The smallest absolute Gasteiger partial charge is 0.335 e. The summed E-state index contributed by atoms with van der Waals surface area (Å²) in [5.41, 5.74) is 6.57. The van der Waals surface area contributed by atoms with Crippen LogP contribution in [0.4, 0.5) is 11.4 Å². The van der Waals surface area contributed by atoms with Crippen LogP contribution in [0.5, 0.6) is 23.0 Å². The second-order valence-corrected chi connectivity index (χ2v) is 15.6. The zero-order valence-corrected chi connectivity index (χ0v) is 36.6. The Bertz CT molecular complexity index is 3120. The normalized spacial score (nSPS) is 10.6. The Morgan fingerprint density at radius 1 is 0.456 bits per heavy atom. The number of benzene rings is 8. The highest BCUT2D eigenvalue weighted by Crippen LogP contribution is 2.42. The number of ether oxygens (including phenoxy) is 4. The average molecular weight is 893 g/mol. The van der Waals surface area contributed by atoms with Crippen LogP contribution in [0.1, 0.15) is 43.0 Å². The summed E-state index contributed by atoms with van der Waals surface area (Å²) in [5, 5.41) is 3.21. The third-order valence-corrected chi connectivity index (χ3v) is 11.2. The number of esters is 2. The molecule has 0 fully saturated rings. The Morgan fingerprint density at radius 3 is 1.18 bits per heavy atom. The molecule has 0 bridgehead atoms. The standard InChI is InChI=1S/C58H40N2O8/c1-5-55(63)67-49-21-7-37(8-22-49)35-65-47-25-15-39(16-26-47)53(61)33-43-13-11-41-31-45(59-3)19-29-51(41)57(43)58-44(14-12-42-32-46(60-4)20-30-52(42)58)34-54(62)40-17-27-48(28-18-40)66-36-38-9-23-50(24-10-38)68-56(64)6-2/h5-32H,1-2,33-36H2. The lowest BCUT2D eigenvalue weighted by atomic mass is 9.83. The summed E-state index contributed by atoms with van der Waals surface area (Å²) in [6.45, 7) is 22.7. The van der Waals surface area contributed by atoms with E-state index in [9.17, 15) is 19.2 Å². The van der Waals surface area contributed by atoms with Crippen molar-refractivity contribution in [1.29, 1.82) is 0 Å². The van der Waals surface area contributed by atoms with Gasteiger partial charge in [0.2, 0.25) is 0 Å². The molecule has 0 saturated carbocycles. The number of fused-ring (bicyclic) bond motifs is 2. The molecule has 8 rings (SSSR count). The number of rotatable bonds is 17. The summed E-state index contributed by atoms with van der Waals surface area (Å²) >= 11 is 0. The Morgan fingerprint density at radius 2 is 0.824 bits per heavy atom. The second-order valence-electron chi connectivity index (χ2n) is 15.6. The van der Waals surface area contributed by atoms with Gasteiger partial charge in [0.15, 0.2) is 22.9 Å². The van der Waals surface area contributed by atoms with Crippen LogP contribution in [0.25, 0.3) is 42.4 Å². The monoisotopic (exact) mass is 892 g/mol. The maximum Gasteiger partial charge on any atom is 0.335 e. The molecule has 10 heteroatoms. The first-order valence-corrected chi connectivity index (χ1v) is 21.4. The Kier molecular flexibility index (Phi) is 13.7. The highest BCUT2D eigenvalue weighted by Gasteiger charge is 2.22. The van der Waals surface area contributed by atoms with Gasteiger partial charge in [0.1, 0.15) is 36.2 Å². The van der Waals surface area contributed by atoms with Gasteiger partial charge < -0.3 is 18.9 Å². The van der Waals surface area contributed by atoms with Gasteiger partial charge in [-0.05, 0) is 140 Å². The van der Waals surface area contributed by atoms with Gasteiger partial charge in [0, 0.05) is 36.1 Å². The van der Waals surface area contributed by atoms with Gasteiger partial charge in [0.05, 0.1) is 13.1 Å². The van der Waals surface area contributed by atoms with E-state index in [-0.39, 0.29) is 37.6 Å². The van der Waals surface area contributed by atoms with Crippen molar-refractivity contribution in [2.45, 2.75) is 26.1 Å². The number of nitrogens with zero attached hydrogens (tertiary/aromatic N) is 2. The van der Waals surface area contributed by atoms with Crippen LogP contribution >= 0.6 is 0 Å². The Labute approximate surface area is 392 Å². The van der Waals surface area contributed by atoms with Crippen molar-refractivity contribution in [1.82, 2.24) is 0 Å². The minimum atomic E-state index is -0.544. The summed E-state index contributed by atoms with van der Waals surface area (Å²) in [7, 11) is 0. The number of hydrogen-bond acceptors (Lipinski definition) is 8. The molecule has 0 unspecified atom stereocenters. The largest absolute Gasteiger partial charge is 0.489 e. The van der Waals surface area contributed by atoms with Gasteiger partial charge in [-0.25, -0.2) is 19.3 Å². The van der Waals surface area contributed by atoms with Gasteiger partial charge in [-0.3, -0.25) is 9.59 Å². The molecule has 0 N–H and O–H groups in total. The fourth-order valence-corrected chi connectivity index (χ4v) is 7.73. The summed E-state index contributed by atoms with van der Waals surface area (Å²) in [5.74, 6) is 0.553. The highest BCUT2D eigenvalue weighted by molar-refractivity contribution is 6.11. The molecule has 8 aromatic carbocycles. The van der Waals surface area contributed by atoms with Gasteiger partial charge in [0.25, 0.3) is 0 Å². The van der Waals surface area contributed by atoms with E-state index in [1.807, 2.05) is 48.5 Å². The summed E-state index contributed by atoms with van der Waals surface area (Å²) in [6, 6.07) is 46.3. The topological polar surface area (TPSA) is 114 Å². The number of ketones is 2. The number of carbonyl (C=O) groups excluding carboxylic acids is 4. The van der Waals surface area contributed by atoms with Crippen molar-refractivity contribution in [2.75, 3.05) is 0 Å². The third kappa shape index (κ3) is 10.6. The van der Waals surface area contributed by atoms with Crippen molar-refractivity contribution >= 4 is 56.4 Å². The van der Waals surface area contributed by atoms with Crippen molar-refractivity contribution in [3.8, 4) is 34.1 Å². The molecule has 10 nitrogen and oxygen atoms in total. The molecule has 8 aromatic rings. The lowest BCUT2D eigenvalue weighted by Gasteiger charge is -2.20. The first kappa shape index (κ1) is 45.2. The molecule has 0 saturated heterocycles. The van der Waals surface area contributed by atoms with E-state index in [1.54, 1.807) is 109 Å². The van der Waals surface area contributed by atoms with E-state index in [0.717, 1.165) is 67.1 Å². The second kappa shape index (κ2) is 20.6. The molecule has 0 aliphatic carbocycles. The van der Waals surface area contributed by atoms with E-state index in [1.165, 1.54) is 0 Å². The van der Waals surface area contributed by atoms with Crippen LogP contribution in [-0.2, 0) is 35.6 Å². The summed E-state index contributed by atoms with van der Waals surface area (Å²) in [6.07, 6.45) is 2.24.